The van der Waals surface area contributed by atoms with Crippen LogP contribution in [0.3, 0.4) is 0 Å². The molecule has 0 aliphatic carbocycles. The molecular weight excluding hydrogens is 262 g/mol. The molecule has 1 atom stereocenters. The third kappa shape index (κ3) is 3.45. The second kappa shape index (κ2) is 5.04. The molecule has 3 N–H and O–H groups in total. The van der Waals surface area contributed by atoms with Gasteiger partial charge in [0.05, 0.1) is 12.5 Å². The van der Waals surface area contributed by atoms with E-state index in [1.54, 1.807) is 24.3 Å². The number of carboxylic acids is 1. The molecule has 4 nitrogen and oxygen atoms in total. The van der Waals surface area contributed by atoms with E-state index < -0.39 is 12.0 Å². The maximum atomic E-state index is 11.6. The SMILES string of the molecule is NC(CC(=O)O)C(=O)c1cccc(Br)c1. The highest BCUT2D eigenvalue weighted by Gasteiger charge is 2.18. The summed E-state index contributed by atoms with van der Waals surface area (Å²) >= 11 is 3.22. The van der Waals surface area contributed by atoms with Gasteiger partial charge in [0.15, 0.2) is 5.78 Å². The van der Waals surface area contributed by atoms with Crippen LogP contribution in [0, 0.1) is 0 Å². The van der Waals surface area contributed by atoms with Crippen molar-refractivity contribution in [2.45, 2.75) is 12.5 Å². The highest BCUT2D eigenvalue weighted by Crippen LogP contribution is 2.13. The van der Waals surface area contributed by atoms with E-state index in [0.29, 0.717) is 5.56 Å². The molecule has 1 aromatic rings. The van der Waals surface area contributed by atoms with Gasteiger partial charge in [-0.15, -0.1) is 0 Å². The van der Waals surface area contributed by atoms with Gasteiger partial charge >= 0.3 is 5.97 Å². The molecule has 0 saturated carbocycles. The Morgan fingerprint density at radius 2 is 2.13 bits per heavy atom. The Kier molecular flexibility index (Phi) is 3.99. The van der Waals surface area contributed by atoms with Gasteiger partial charge in [-0.1, -0.05) is 28.1 Å². The van der Waals surface area contributed by atoms with Crippen LogP contribution in [0.25, 0.3) is 0 Å². The fourth-order valence-corrected chi connectivity index (χ4v) is 1.54. The predicted octanol–water partition coefficient (Wildman–Crippen LogP) is 1.43. The van der Waals surface area contributed by atoms with Crippen molar-refractivity contribution in [2.24, 2.45) is 5.73 Å². The molecule has 1 unspecified atom stereocenters. The smallest absolute Gasteiger partial charge is 0.305 e. The van der Waals surface area contributed by atoms with E-state index in [0.717, 1.165) is 4.47 Å². The highest BCUT2D eigenvalue weighted by atomic mass is 79.9. The summed E-state index contributed by atoms with van der Waals surface area (Å²) in [5.74, 6) is -1.44. The van der Waals surface area contributed by atoms with Gasteiger partial charge < -0.3 is 10.8 Å². The minimum atomic E-state index is -1.08. The van der Waals surface area contributed by atoms with Crippen LogP contribution in [0.4, 0.5) is 0 Å². The first-order chi connectivity index (χ1) is 7.00. The molecule has 0 heterocycles. The Hall–Kier alpha value is -1.20. The standard InChI is InChI=1S/C10H10BrNO3/c11-7-3-1-2-6(4-7)10(15)8(12)5-9(13)14/h1-4,8H,5,12H2,(H,13,14). The first-order valence-electron chi connectivity index (χ1n) is 4.28. The summed E-state index contributed by atoms with van der Waals surface area (Å²) in [5.41, 5.74) is 5.87. The summed E-state index contributed by atoms with van der Waals surface area (Å²) in [7, 11) is 0. The number of hydrogen-bond acceptors (Lipinski definition) is 3. The van der Waals surface area contributed by atoms with E-state index >= 15 is 0 Å². The van der Waals surface area contributed by atoms with E-state index in [1.807, 2.05) is 0 Å². The lowest BCUT2D eigenvalue weighted by Gasteiger charge is -2.07. The number of rotatable bonds is 4. The lowest BCUT2D eigenvalue weighted by atomic mass is 10.0. The van der Waals surface area contributed by atoms with E-state index in [1.165, 1.54) is 0 Å². The van der Waals surface area contributed by atoms with E-state index in [-0.39, 0.29) is 12.2 Å². The van der Waals surface area contributed by atoms with Crippen molar-refractivity contribution in [3.05, 3.63) is 34.3 Å². The second-order valence-electron chi connectivity index (χ2n) is 3.08. The molecule has 5 heteroatoms. The second-order valence-corrected chi connectivity index (χ2v) is 3.99. The molecule has 1 rings (SSSR count). The van der Waals surface area contributed by atoms with Crippen molar-refractivity contribution >= 4 is 27.7 Å². The van der Waals surface area contributed by atoms with Crippen molar-refractivity contribution < 1.29 is 14.7 Å². The maximum absolute atomic E-state index is 11.6. The van der Waals surface area contributed by atoms with Crippen LogP contribution >= 0.6 is 15.9 Å². The summed E-state index contributed by atoms with van der Waals surface area (Å²) in [4.78, 5) is 22.0. The lowest BCUT2D eigenvalue weighted by molar-refractivity contribution is -0.137. The van der Waals surface area contributed by atoms with Crippen LogP contribution in [-0.4, -0.2) is 22.9 Å². The van der Waals surface area contributed by atoms with Gasteiger partial charge in [0.25, 0.3) is 0 Å². The number of carbonyl (C=O) groups is 2. The number of halogens is 1. The molecule has 0 saturated heterocycles. The normalized spacial score (nSPS) is 12.1. The monoisotopic (exact) mass is 271 g/mol. The molecule has 0 aliphatic heterocycles. The van der Waals surface area contributed by atoms with Crippen LogP contribution in [0.2, 0.25) is 0 Å². The lowest BCUT2D eigenvalue weighted by Crippen LogP contribution is -2.32. The quantitative estimate of drug-likeness (QED) is 0.812. The molecule has 0 spiro atoms. The summed E-state index contributed by atoms with van der Waals surface area (Å²) in [6, 6.07) is 5.71. The highest BCUT2D eigenvalue weighted by molar-refractivity contribution is 9.10. The van der Waals surface area contributed by atoms with Crippen LogP contribution in [0.1, 0.15) is 16.8 Å². The summed E-state index contributed by atoms with van der Waals surface area (Å²) in [6.07, 6.45) is -0.356. The largest absolute Gasteiger partial charge is 0.481 e. The first kappa shape index (κ1) is 11.9. The summed E-state index contributed by atoms with van der Waals surface area (Å²) in [6.45, 7) is 0. The van der Waals surface area contributed by atoms with Crippen molar-refractivity contribution in [3.63, 3.8) is 0 Å². The summed E-state index contributed by atoms with van der Waals surface area (Å²) in [5, 5.41) is 8.49. The predicted molar refractivity (Wildman–Crippen MR) is 58.7 cm³/mol. The zero-order valence-electron chi connectivity index (χ0n) is 7.81. The molecule has 0 aromatic heterocycles. The average Bonchev–Trinajstić information content (AvgIpc) is 2.15. The van der Waals surface area contributed by atoms with Gasteiger partial charge in [0, 0.05) is 10.0 Å². The molecular formula is C10H10BrNO3. The summed E-state index contributed by atoms with van der Waals surface area (Å²) < 4.78 is 0.760. The number of carbonyl (C=O) groups excluding carboxylic acids is 1. The molecule has 15 heavy (non-hydrogen) atoms. The van der Waals surface area contributed by atoms with Gasteiger partial charge in [-0.05, 0) is 12.1 Å². The third-order valence-corrected chi connectivity index (χ3v) is 2.33. The van der Waals surface area contributed by atoms with Crippen LogP contribution in [0.5, 0.6) is 0 Å². The number of benzene rings is 1. The Bertz CT molecular complexity index is 392. The van der Waals surface area contributed by atoms with Gasteiger partial charge in [0.1, 0.15) is 0 Å². The molecule has 80 valence electrons. The van der Waals surface area contributed by atoms with E-state index in [4.69, 9.17) is 10.8 Å². The molecule has 1 aromatic carbocycles. The number of hydrogen-bond donors (Lipinski definition) is 2. The minimum Gasteiger partial charge on any atom is -0.481 e. The van der Waals surface area contributed by atoms with Crippen molar-refractivity contribution in [3.8, 4) is 0 Å². The number of carboxylic acid groups (broad SMARTS) is 1. The van der Waals surface area contributed by atoms with Gasteiger partial charge in [-0.2, -0.15) is 0 Å². The third-order valence-electron chi connectivity index (χ3n) is 1.84. The number of aliphatic carboxylic acids is 1. The Labute approximate surface area is 95.2 Å². The maximum Gasteiger partial charge on any atom is 0.305 e. The van der Waals surface area contributed by atoms with Crippen LogP contribution in [-0.2, 0) is 4.79 Å². The van der Waals surface area contributed by atoms with Crippen LogP contribution < -0.4 is 5.73 Å². The van der Waals surface area contributed by atoms with Gasteiger partial charge in [-0.25, -0.2) is 0 Å². The van der Waals surface area contributed by atoms with E-state index in [9.17, 15) is 9.59 Å². The molecule has 0 aliphatic rings. The van der Waals surface area contributed by atoms with Crippen molar-refractivity contribution in [1.29, 1.82) is 0 Å². The van der Waals surface area contributed by atoms with E-state index in [2.05, 4.69) is 15.9 Å². The fraction of sp³-hybridized carbons (Fsp3) is 0.200. The number of Topliss-reactive ketones (excluding diaryl/α,β-unsaturated/α-hetero) is 1. The van der Waals surface area contributed by atoms with Gasteiger partial charge in [0.2, 0.25) is 0 Å². The fourth-order valence-electron chi connectivity index (χ4n) is 1.14. The van der Waals surface area contributed by atoms with Gasteiger partial charge in [-0.3, -0.25) is 9.59 Å². The van der Waals surface area contributed by atoms with Crippen LogP contribution in [0.15, 0.2) is 28.7 Å². The molecule has 0 radical (unpaired) electrons. The number of nitrogens with two attached hydrogens (primary N) is 1. The Morgan fingerprint density at radius 1 is 1.47 bits per heavy atom. The minimum absolute atomic E-state index is 0.356. The zero-order valence-corrected chi connectivity index (χ0v) is 9.40. The number of ketones is 1. The zero-order chi connectivity index (χ0) is 11.4. The molecule has 0 fully saturated rings. The Balaban J connectivity index is 2.80. The molecule has 0 bridgehead atoms. The van der Waals surface area contributed by atoms with Crippen molar-refractivity contribution in [1.82, 2.24) is 0 Å². The Morgan fingerprint density at radius 3 is 2.67 bits per heavy atom. The van der Waals surface area contributed by atoms with Crippen molar-refractivity contribution in [2.75, 3.05) is 0 Å². The average molecular weight is 272 g/mol. The first-order valence-corrected chi connectivity index (χ1v) is 5.07. The molecule has 0 amide bonds. The topological polar surface area (TPSA) is 80.4 Å².